The van der Waals surface area contributed by atoms with Gasteiger partial charge in [0.25, 0.3) is 0 Å². The molecule has 1 aliphatic rings. The molecule has 96 valence electrons. The molecule has 1 aliphatic carbocycles. The molecule has 0 radical (unpaired) electrons. The predicted octanol–water partition coefficient (Wildman–Crippen LogP) is 3.27. The molecule has 2 rings (SSSR count). The van der Waals surface area contributed by atoms with Crippen LogP contribution in [0.25, 0.3) is 0 Å². The number of rotatable bonds is 8. The van der Waals surface area contributed by atoms with Gasteiger partial charge in [0.2, 0.25) is 0 Å². The number of thiophene rings is 1. The minimum Gasteiger partial charge on any atom is -0.381 e. The van der Waals surface area contributed by atoms with Crippen LogP contribution < -0.4 is 5.32 Å². The van der Waals surface area contributed by atoms with Crippen LogP contribution >= 0.6 is 11.3 Å². The van der Waals surface area contributed by atoms with Crippen LogP contribution in [-0.4, -0.2) is 19.8 Å². The van der Waals surface area contributed by atoms with Gasteiger partial charge >= 0.3 is 0 Å². The third-order valence-electron chi connectivity index (χ3n) is 3.15. The van der Waals surface area contributed by atoms with E-state index < -0.39 is 0 Å². The van der Waals surface area contributed by atoms with Crippen molar-refractivity contribution in [1.29, 1.82) is 0 Å². The number of hydrogen-bond acceptors (Lipinski definition) is 3. The number of hydrogen-bond donors (Lipinski definition) is 1. The molecule has 1 heterocycles. The molecule has 1 N–H and O–H groups in total. The zero-order valence-corrected chi connectivity index (χ0v) is 11.7. The molecule has 17 heavy (non-hydrogen) atoms. The fraction of sp³-hybridized carbons (Fsp3) is 0.714. The largest absolute Gasteiger partial charge is 0.381 e. The van der Waals surface area contributed by atoms with E-state index >= 15 is 0 Å². The number of ether oxygens (including phenoxy) is 1. The van der Waals surface area contributed by atoms with Gasteiger partial charge in [-0.05, 0) is 57.2 Å². The molecule has 2 nitrogen and oxygen atoms in total. The maximum Gasteiger partial charge on any atom is 0.0494 e. The van der Waals surface area contributed by atoms with Gasteiger partial charge in [-0.3, -0.25) is 0 Å². The molecule has 0 bridgehead atoms. The summed E-state index contributed by atoms with van der Waals surface area (Å²) in [6.45, 7) is 8.33. The summed E-state index contributed by atoms with van der Waals surface area (Å²) >= 11 is 1.89. The van der Waals surface area contributed by atoms with Crippen LogP contribution in [0, 0.1) is 19.8 Å². The van der Waals surface area contributed by atoms with Gasteiger partial charge < -0.3 is 10.1 Å². The average molecular weight is 253 g/mol. The summed E-state index contributed by atoms with van der Waals surface area (Å²) in [5, 5.41) is 3.49. The monoisotopic (exact) mass is 253 g/mol. The van der Waals surface area contributed by atoms with Crippen molar-refractivity contribution in [3.05, 3.63) is 21.4 Å². The van der Waals surface area contributed by atoms with Gasteiger partial charge in [0.1, 0.15) is 0 Å². The second-order valence-electron chi connectivity index (χ2n) is 4.99. The van der Waals surface area contributed by atoms with Crippen molar-refractivity contribution in [2.75, 3.05) is 19.8 Å². The van der Waals surface area contributed by atoms with Gasteiger partial charge in [0.15, 0.2) is 0 Å². The lowest BCUT2D eigenvalue weighted by molar-refractivity contribution is 0.122. The first-order chi connectivity index (χ1) is 8.25. The summed E-state index contributed by atoms with van der Waals surface area (Å²) in [4.78, 5) is 2.85. The van der Waals surface area contributed by atoms with Crippen LogP contribution in [0.4, 0.5) is 0 Å². The molecule has 0 spiro atoms. The molecule has 0 saturated heterocycles. The van der Waals surface area contributed by atoms with Gasteiger partial charge in [-0.2, -0.15) is 0 Å². The Morgan fingerprint density at radius 1 is 1.41 bits per heavy atom. The van der Waals surface area contributed by atoms with Crippen molar-refractivity contribution in [2.24, 2.45) is 5.92 Å². The van der Waals surface area contributed by atoms with Gasteiger partial charge in [-0.1, -0.05) is 0 Å². The summed E-state index contributed by atoms with van der Waals surface area (Å²) in [5.74, 6) is 0.888. The lowest BCUT2D eigenvalue weighted by Gasteiger charge is -2.05. The maximum atomic E-state index is 5.60. The summed E-state index contributed by atoms with van der Waals surface area (Å²) < 4.78 is 5.60. The third kappa shape index (κ3) is 4.78. The first kappa shape index (κ1) is 13.1. The van der Waals surface area contributed by atoms with Crippen LogP contribution in [0.2, 0.25) is 0 Å². The Morgan fingerprint density at radius 2 is 2.24 bits per heavy atom. The van der Waals surface area contributed by atoms with E-state index in [0.29, 0.717) is 0 Å². The topological polar surface area (TPSA) is 21.3 Å². The number of nitrogens with one attached hydrogen (secondary N) is 1. The lowest BCUT2D eigenvalue weighted by Crippen LogP contribution is -2.16. The summed E-state index contributed by atoms with van der Waals surface area (Å²) in [7, 11) is 0. The van der Waals surface area contributed by atoms with Crippen LogP contribution in [0.1, 0.15) is 34.6 Å². The molecule has 3 heteroatoms. The highest BCUT2D eigenvalue weighted by Crippen LogP contribution is 2.28. The van der Waals surface area contributed by atoms with E-state index in [1.54, 1.807) is 0 Å². The van der Waals surface area contributed by atoms with E-state index in [1.807, 2.05) is 11.3 Å². The Bertz CT molecular complexity index is 344. The van der Waals surface area contributed by atoms with Crippen molar-refractivity contribution in [3.8, 4) is 0 Å². The molecular weight excluding hydrogens is 230 g/mol. The SMILES string of the molecule is Cc1cc(CNCCCOCC2CC2)c(C)s1. The molecule has 1 saturated carbocycles. The van der Waals surface area contributed by atoms with Crippen LogP contribution in [0.5, 0.6) is 0 Å². The van der Waals surface area contributed by atoms with E-state index in [9.17, 15) is 0 Å². The predicted molar refractivity (Wildman–Crippen MR) is 73.7 cm³/mol. The molecule has 1 aromatic rings. The fourth-order valence-corrected chi connectivity index (χ4v) is 2.86. The van der Waals surface area contributed by atoms with Crippen LogP contribution in [0.15, 0.2) is 6.07 Å². The molecule has 0 unspecified atom stereocenters. The fourth-order valence-electron chi connectivity index (χ4n) is 1.92. The average Bonchev–Trinajstić information content (AvgIpc) is 3.04. The van der Waals surface area contributed by atoms with Gasteiger partial charge in [-0.25, -0.2) is 0 Å². The zero-order valence-electron chi connectivity index (χ0n) is 10.9. The third-order valence-corrected chi connectivity index (χ3v) is 4.16. The normalized spacial score (nSPS) is 15.4. The standard InChI is InChI=1S/C14H23NOS/c1-11-8-14(12(2)17-11)9-15-6-3-7-16-10-13-4-5-13/h8,13,15H,3-7,9-10H2,1-2H3. The highest BCUT2D eigenvalue weighted by Gasteiger charge is 2.20. The van der Waals surface area contributed by atoms with E-state index in [2.05, 4.69) is 25.2 Å². The number of aryl methyl sites for hydroxylation is 2. The van der Waals surface area contributed by atoms with E-state index in [4.69, 9.17) is 4.74 Å². The first-order valence-corrected chi connectivity index (χ1v) is 7.41. The second-order valence-corrected chi connectivity index (χ2v) is 6.45. The second kappa shape index (κ2) is 6.53. The van der Waals surface area contributed by atoms with Crippen molar-refractivity contribution >= 4 is 11.3 Å². The molecule has 0 aromatic carbocycles. The summed E-state index contributed by atoms with van der Waals surface area (Å²) in [6, 6.07) is 2.29. The summed E-state index contributed by atoms with van der Waals surface area (Å²) in [6.07, 6.45) is 3.89. The Kier molecular flexibility index (Phi) is 5.01. The van der Waals surface area contributed by atoms with Gasteiger partial charge in [0, 0.05) is 29.5 Å². The molecule has 0 amide bonds. The minimum absolute atomic E-state index is 0.888. The Morgan fingerprint density at radius 3 is 2.88 bits per heavy atom. The van der Waals surface area contributed by atoms with E-state index in [0.717, 1.165) is 38.6 Å². The van der Waals surface area contributed by atoms with Gasteiger partial charge in [0.05, 0.1) is 0 Å². The highest BCUT2D eigenvalue weighted by atomic mass is 32.1. The van der Waals surface area contributed by atoms with Crippen LogP contribution in [0.3, 0.4) is 0 Å². The molecular formula is C14H23NOS. The molecule has 1 aromatic heterocycles. The Balaban J connectivity index is 1.49. The maximum absolute atomic E-state index is 5.60. The van der Waals surface area contributed by atoms with Crippen molar-refractivity contribution in [1.82, 2.24) is 5.32 Å². The quantitative estimate of drug-likeness (QED) is 0.718. The molecule has 0 atom stereocenters. The van der Waals surface area contributed by atoms with Gasteiger partial charge in [-0.15, -0.1) is 11.3 Å². The molecule has 1 fully saturated rings. The Hall–Kier alpha value is -0.380. The smallest absolute Gasteiger partial charge is 0.0494 e. The van der Waals surface area contributed by atoms with Crippen LogP contribution in [-0.2, 0) is 11.3 Å². The molecule has 0 aliphatic heterocycles. The first-order valence-electron chi connectivity index (χ1n) is 6.60. The van der Waals surface area contributed by atoms with E-state index in [-0.39, 0.29) is 0 Å². The minimum atomic E-state index is 0.888. The van der Waals surface area contributed by atoms with Crippen molar-refractivity contribution in [2.45, 2.75) is 39.7 Å². The van der Waals surface area contributed by atoms with Crippen molar-refractivity contribution < 1.29 is 4.74 Å². The van der Waals surface area contributed by atoms with Crippen molar-refractivity contribution in [3.63, 3.8) is 0 Å². The zero-order chi connectivity index (χ0) is 12.1. The highest BCUT2D eigenvalue weighted by molar-refractivity contribution is 7.12. The van der Waals surface area contributed by atoms with E-state index in [1.165, 1.54) is 28.2 Å². The Labute approximate surface area is 108 Å². The lowest BCUT2D eigenvalue weighted by atomic mass is 10.2. The summed E-state index contributed by atoms with van der Waals surface area (Å²) in [5.41, 5.74) is 1.45.